The van der Waals surface area contributed by atoms with Gasteiger partial charge in [-0.05, 0) is 82.4 Å². The van der Waals surface area contributed by atoms with Gasteiger partial charge in [0.25, 0.3) is 5.69 Å². The van der Waals surface area contributed by atoms with E-state index in [0.29, 0.717) is 39.1 Å². The Balaban J connectivity index is 1.23. The topological polar surface area (TPSA) is 211 Å². The number of fused-ring (bicyclic) bond motifs is 4. The van der Waals surface area contributed by atoms with Crippen molar-refractivity contribution in [3.8, 4) is 17.6 Å². The number of non-ortho nitro benzene ring substituents is 1. The summed E-state index contributed by atoms with van der Waals surface area (Å²) in [6.45, 7) is -0.853. The molecule has 0 aliphatic carbocycles. The van der Waals surface area contributed by atoms with Crippen LogP contribution in [0.1, 0.15) is 58.0 Å². The van der Waals surface area contributed by atoms with Crippen LogP contribution in [0.3, 0.4) is 0 Å². The predicted molar refractivity (Wildman–Crippen MR) is 261 cm³/mol. The average Bonchev–Trinajstić information content (AvgIpc) is 4.03. The Labute approximate surface area is 410 Å². The van der Waals surface area contributed by atoms with E-state index in [-0.39, 0.29) is 54.9 Å². The molecule has 3 aliphatic heterocycles. The van der Waals surface area contributed by atoms with Crippen LogP contribution < -0.4 is 15.0 Å². The number of thiazole rings is 1. The third-order valence-electron chi connectivity index (χ3n) is 13.0. The van der Waals surface area contributed by atoms with Gasteiger partial charge < -0.3 is 29.7 Å². The molecule has 3 amide bonds. The first kappa shape index (κ1) is 46.5. The maximum Gasteiger partial charge on any atom is 0.421 e. The molecule has 6 aromatic carbocycles. The van der Waals surface area contributed by atoms with Gasteiger partial charge in [0.1, 0.15) is 36.5 Å². The van der Waals surface area contributed by atoms with Gasteiger partial charge in [0.15, 0.2) is 5.13 Å². The van der Waals surface area contributed by atoms with Crippen molar-refractivity contribution in [2.24, 2.45) is 5.92 Å². The lowest BCUT2D eigenvalue weighted by atomic mass is 9.65. The zero-order chi connectivity index (χ0) is 49.2. The van der Waals surface area contributed by atoms with Crippen LogP contribution in [-0.4, -0.2) is 74.8 Å². The Hall–Kier alpha value is -8.27. The van der Waals surface area contributed by atoms with Gasteiger partial charge in [0, 0.05) is 24.1 Å². The fourth-order valence-corrected chi connectivity index (χ4v) is 11.0. The van der Waals surface area contributed by atoms with Crippen LogP contribution in [0, 0.1) is 27.9 Å². The van der Waals surface area contributed by atoms with E-state index >= 15 is 14.4 Å². The number of nitro groups is 1. The van der Waals surface area contributed by atoms with Gasteiger partial charge in [-0.15, -0.1) is 0 Å². The van der Waals surface area contributed by atoms with Crippen molar-refractivity contribution < 1.29 is 48.5 Å². The Morgan fingerprint density at radius 3 is 2.23 bits per heavy atom. The fraction of sp³-hybridized carbons (Fsp3) is 0.204. The molecule has 3 aliphatic rings. The van der Waals surface area contributed by atoms with Crippen LogP contribution in [0.25, 0.3) is 10.2 Å². The number of aliphatic hydroxyl groups excluding tert-OH is 2. The smallest absolute Gasteiger partial charge is 0.421 e. The van der Waals surface area contributed by atoms with E-state index in [1.165, 1.54) is 35.6 Å². The molecule has 7 aromatic rings. The van der Waals surface area contributed by atoms with E-state index in [4.69, 9.17) is 19.2 Å². The second kappa shape index (κ2) is 19.6. The molecular weight excluding hydrogens is 927 g/mol. The van der Waals surface area contributed by atoms with Crippen LogP contribution in [0.2, 0.25) is 0 Å². The first-order valence-corrected chi connectivity index (χ1v) is 23.5. The van der Waals surface area contributed by atoms with Crippen LogP contribution >= 0.6 is 11.3 Å². The number of carbonyl (C=O) groups is 4. The number of ether oxygens (including phenoxy) is 3. The molecule has 4 heterocycles. The van der Waals surface area contributed by atoms with E-state index < -0.39 is 64.4 Å². The number of aliphatic hydroxyl groups is 2. The number of nitrogens with zero attached hydrogens (tertiary/aromatic N) is 4. The van der Waals surface area contributed by atoms with Gasteiger partial charge in [-0.1, -0.05) is 108 Å². The van der Waals surface area contributed by atoms with Crippen molar-refractivity contribution in [3.63, 3.8) is 0 Å². The van der Waals surface area contributed by atoms with Crippen LogP contribution in [0.5, 0.6) is 5.75 Å². The molecule has 6 atom stereocenters. The SMILES string of the molecule is O=C1O[C@H](c2ccccc2)[C@H](c2ccccc2)N2[C@H]1[C@@H](C(=O)Nc1nc3ccccc3s1)[C@]1(C(=O)N(C(=O)OCc3ccc([N+](=O)[O-])cc3)c3ccc(C#CCCO)cc31)[C@H]2c1ccc(OCCO)cc1. The molecule has 0 radical (unpaired) electrons. The first-order valence-electron chi connectivity index (χ1n) is 22.7. The van der Waals surface area contributed by atoms with Crippen molar-refractivity contribution in [2.45, 2.75) is 42.7 Å². The average molecular weight is 970 g/mol. The maximum absolute atomic E-state index is 16.5. The zero-order valence-electron chi connectivity index (χ0n) is 37.6. The predicted octanol–water partition coefficient (Wildman–Crippen LogP) is 7.95. The van der Waals surface area contributed by atoms with Crippen molar-refractivity contribution in [3.05, 3.63) is 195 Å². The number of para-hydroxylation sites is 1. The molecule has 2 fully saturated rings. The Bertz CT molecular complexity index is 3200. The number of cyclic esters (lactones) is 1. The van der Waals surface area contributed by atoms with Gasteiger partial charge in [-0.25, -0.2) is 14.7 Å². The number of anilines is 2. The molecule has 2 saturated heterocycles. The summed E-state index contributed by atoms with van der Waals surface area (Å²) in [5.74, 6) is 2.29. The van der Waals surface area contributed by atoms with E-state index in [2.05, 4.69) is 17.2 Å². The number of aromatic nitrogens is 1. The quantitative estimate of drug-likeness (QED) is 0.0460. The zero-order valence-corrected chi connectivity index (χ0v) is 38.4. The number of amides is 3. The number of hydrogen-bond donors (Lipinski definition) is 3. The molecule has 356 valence electrons. The molecule has 3 N–H and O–H groups in total. The summed E-state index contributed by atoms with van der Waals surface area (Å²) in [6, 6.07) is 39.2. The largest absolute Gasteiger partial charge is 0.491 e. The van der Waals surface area contributed by atoms with Crippen molar-refractivity contribution in [1.29, 1.82) is 0 Å². The normalized spacial score (nSPS) is 21.2. The third-order valence-corrected chi connectivity index (χ3v) is 13.9. The number of nitrogens with one attached hydrogen (secondary N) is 1. The number of nitro benzene ring substituents is 1. The number of imide groups is 1. The number of morpholine rings is 1. The summed E-state index contributed by atoms with van der Waals surface area (Å²) < 4.78 is 19.0. The molecule has 1 aromatic heterocycles. The minimum Gasteiger partial charge on any atom is -0.491 e. The van der Waals surface area contributed by atoms with E-state index in [1.54, 1.807) is 48.5 Å². The molecule has 16 nitrogen and oxygen atoms in total. The van der Waals surface area contributed by atoms with Crippen molar-refractivity contribution in [2.75, 3.05) is 30.0 Å². The van der Waals surface area contributed by atoms with Crippen LogP contribution in [0.15, 0.2) is 152 Å². The molecule has 0 saturated carbocycles. The third kappa shape index (κ3) is 8.42. The number of carbonyl (C=O) groups excluding carboxylic acids is 4. The lowest BCUT2D eigenvalue weighted by molar-refractivity contribution is -0.384. The summed E-state index contributed by atoms with van der Waals surface area (Å²) in [4.78, 5) is 81.0. The highest BCUT2D eigenvalue weighted by molar-refractivity contribution is 7.22. The number of benzene rings is 6. The maximum atomic E-state index is 16.5. The van der Waals surface area contributed by atoms with Crippen molar-refractivity contribution in [1.82, 2.24) is 9.88 Å². The molecule has 17 heteroatoms. The highest BCUT2D eigenvalue weighted by atomic mass is 32.1. The number of hydrogen-bond acceptors (Lipinski definition) is 14. The molecule has 0 unspecified atom stereocenters. The highest BCUT2D eigenvalue weighted by Crippen LogP contribution is 2.66. The Morgan fingerprint density at radius 2 is 1.54 bits per heavy atom. The molecule has 1 spiro atoms. The van der Waals surface area contributed by atoms with Crippen LogP contribution in [0.4, 0.5) is 21.3 Å². The first-order chi connectivity index (χ1) is 34.6. The monoisotopic (exact) mass is 969 g/mol. The van der Waals surface area contributed by atoms with Gasteiger partial charge in [0.05, 0.1) is 52.0 Å². The van der Waals surface area contributed by atoms with Gasteiger partial charge in [0.2, 0.25) is 11.8 Å². The standard InChI is InChI=1S/C54H43N5O11S/c60-28-10-9-11-33-20-27-42-40(31-33)54(51(64)57(42)53(65)69-32-34-18-23-38(24-19-34)59(66)67)44(49(62)56-52-55-41-16-7-8-17-43(41)71-52)46-50(63)70-47(36-14-5-2-6-15-36)45(35-12-3-1-4-13-35)58(46)48(54)37-21-25-39(26-22-37)68-30-29-61/h1-8,12-27,31,44-48,60-61H,10,28-30,32H2,(H,55,56,62)/t44-,45-,46-,47+,48+,54-/m0/s1. The van der Waals surface area contributed by atoms with Crippen LogP contribution in [-0.2, 0) is 35.9 Å². The molecule has 0 bridgehead atoms. The van der Waals surface area contributed by atoms with E-state index in [1.807, 2.05) is 83.8 Å². The Kier molecular flexibility index (Phi) is 12.8. The fourth-order valence-electron chi connectivity index (χ4n) is 10.1. The number of rotatable bonds is 12. The van der Waals surface area contributed by atoms with Gasteiger partial charge in [-0.3, -0.25) is 29.4 Å². The van der Waals surface area contributed by atoms with E-state index in [9.17, 15) is 25.1 Å². The van der Waals surface area contributed by atoms with Crippen molar-refractivity contribution >= 4 is 61.9 Å². The molecule has 10 rings (SSSR count). The Morgan fingerprint density at radius 1 is 0.831 bits per heavy atom. The highest BCUT2D eigenvalue weighted by Gasteiger charge is 2.76. The lowest BCUT2D eigenvalue weighted by Gasteiger charge is -2.46. The lowest BCUT2D eigenvalue weighted by Crippen LogP contribution is -2.54. The second-order valence-electron chi connectivity index (χ2n) is 17.0. The molecular formula is C54H43N5O11S. The minimum absolute atomic E-state index is 0.00149. The molecule has 71 heavy (non-hydrogen) atoms. The summed E-state index contributed by atoms with van der Waals surface area (Å²) in [6.07, 6.45) is -1.96. The van der Waals surface area contributed by atoms with Gasteiger partial charge in [-0.2, -0.15) is 0 Å². The summed E-state index contributed by atoms with van der Waals surface area (Å²) >= 11 is 1.21. The summed E-state index contributed by atoms with van der Waals surface area (Å²) in [7, 11) is 0. The summed E-state index contributed by atoms with van der Waals surface area (Å²) in [5.41, 5.74) is 1.11. The second-order valence-corrected chi connectivity index (χ2v) is 18.0. The minimum atomic E-state index is -2.16. The number of esters is 1. The van der Waals surface area contributed by atoms with Gasteiger partial charge >= 0.3 is 12.1 Å². The van der Waals surface area contributed by atoms with E-state index in [0.717, 1.165) is 9.60 Å². The summed E-state index contributed by atoms with van der Waals surface area (Å²) in [5, 5.41) is 33.9.